The van der Waals surface area contributed by atoms with Gasteiger partial charge in [0.05, 0.1) is 18.1 Å². The topological polar surface area (TPSA) is 303 Å². The Morgan fingerprint density at radius 3 is 1.64 bits per heavy atom. The van der Waals surface area contributed by atoms with Crippen LogP contribution >= 0.6 is 0 Å². The molecule has 0 aromatic heterocycles. The molecule has 0 spiro atoms. The van der Waals surface area contributed by atoms with Gasteiger partial charge in [-0.15, -0.1) is 0 Å². The van der Waals surface area contributed by atoms with E-state index in [-0.39, 0.29) is 25.7 Å². The van der Waals surface area contributed by atoms with Crippen molar-refractivity contribution in [2.24, 2.45) is 34.4 Å². The number of rotatable bonds is 13. The summed E-state index contributed by atoms with van der Waals surface area (Å²) >= 11 is 0. The van der Waals surface area contributed by atoms with Gasteiger partial charge in [-0.1, -0.05) is 0 Å². The Morgan fingerprint density at radius 1 is 0.758 bits per heavy atom. The van der Waals surface area contributed by atoms with Crippen LogP contribution in [0.15, 0.2) is 0 Å². The molecule has 0 aromatic rings. The zero-order chi connectivity index (χ0) is 26.3. The first-order valence-corrected chi connectivity index (χ1v) is 10.1. The second kappa shape index (κ2) is 16.5. The van der Waals surface area contributed by atoms with E-state index in [0.29, 0.717) is 6.42 Å². The zero-order valence-corrected chi connectivity index (χ0v) is 18.8. The quantitative estimate of drug-likeness (QED) is 0.122. The Kier molecular flexibility index (Phi) is 16.0. The third-order valence-electron chi connectivity index (χ3n) is 4.12. The lowest BCUT2D eigenvalue weighted by atomic mass is 10.1. The smallest absolute Gasteiger partial charge is 0.320 e. The Bertz CT molecular complexity index is 699. The Labute approximate surface area is 191 Å². The van der Waals surface area contributed by atoms with Crippen molar-refractivity contribution in [1.29, 1.82) is 0 Å². The van der Waals surface area contributed by atoms with E-state index in [0.717, 1.165) is 0 Å². The van der Waals surface area contributed by atoms with Gasteiger partial charge >= 0.3 is 5.97 Å². The molecule has 33 heavy (non-hydrogen) atoms. The van der Waals surface area contributed by atoms with Crippen LogP contribution in [-0.2, 0) is 28.8 Å². The maximum absolute atomic E-state index is 11.9. The summed E-state index contributed by atoms with van der Waals surface area (Å²) in [6.07, 6.45) is 0.506. The fourth-order valence-corrected chi connectivity index (χ4v) is 1.99. The zero-order valence-electron chi connectivity index (χ0n) is 18.8. The van der Waals surface area contributed by atoms with Crippen molar-refractivity contribution in [3.63, 3.8) is 0 Å². The van der Waals surface area contributed by atoms with E-state index >= 15 is 0 Å². The van der Waals surface area contributed by atoms with Crippen molar-refractivity contribution < 1.29 is 33.9 Å². The second-order valence-electron chi connectivity index (χ2n) is 7.38. The van der Waals surface area contributed by atoms with Crippen LogP contribution in [0.25, 0.3) is 0 Å². The molecule has 0 saturated heterocycles. The van der Waals surface area contributed by atoms with Gasteiger partial charge in [-0.25, -0.2) is 0 Å². The summed E-state index contributed by atoms with van der Waals surface area (Å²) in [4.78, 5) is 66.9. The third-order valence-corrected chi connectivity index (χ3v) is 4.12. The minimum absolute atomic E-state index is 0.102. The first-order valence-electron chi connectivity index (χ1n) is 10.1. The third kappa shape index (κ3) is 16.2. The van der Waals surface area contributed by atoms with Gasteiger partial charge in [0, 0.05) is 6.42 Å². The van der Waals surface area contributed by atoms with Gasteiger partial charge in [-0.2, -0.15) is 0 Å². The summed E-state index contributed by atoms with van der Waals surface area (Å²) in [7, 11) is 0. The molecule has 5 amide bonds. The van der Waals surface area contributed by atoms with Gasteiger partial charge < -0.3 is 44.8 Å². The lowest BCUT2D eigenvalue weighted by molar-refractivity contribution is -0.138. The second-order valence-corrected chi connectivity index (χ2v) is 7.38. The summed E-state index contributed by atoms with van der Waals surface area (Å²) in [5, 5.41) is 12.3. The number of aliphatic carboxylic acids is 1. The van der Waals surface area contributed by atoms with Crippen LogP contribution in [0, 0.1) is 0 Å². The Morgan fingerprint density at radius 2 is 1.24 bits per heavy atom. The first-order chi connectivity index (χ1) is 15.1. The summed E-state index contributed by atoms with van der Waals surface area (Å²) in [6.45, 7) is 2.85. The molecule has 0 rings (SSSR count). The SMILES string of the molecule is C[C@@H](N)C(=O)O.C[C@H](N)C(=O)N[C@H](CCC(=O)NC(=O)[C@H](N)CCC[C@H](N)C(N)=O)C(N)=O. The van der Waals surface area contributed by atoms with Crippen LogP contribution in [0.5, 0.6) is 0 Å². The number of hydrogen-bond acceptors (Lipinski definition) is 10. The average Bonchev–Trinajstić information content (AvgIpc) is 2.70. The lowest BCUT2D eigenvalue weighted by Crippen LogP contribution is -2.50. The molecule has 15 nitrogen and oxygen atoms in total. The van der Waals surface area contributed by atoms with Gasteiger partial charge in [0.25, 0.3) is 0 Å². The summed E-state index contributed by atoms with van der Waals surface area (Å²) in [5.74, 6) is -4.41. The van der Waals surface area contributed by atoms with Crippen LogP contribution < -0.4 is 45.0 Å². The van der Waals surface area contributed by atoms with Crippen LogP contribution in [0.1, 0.15) is 46.0 Å². The summed E-state index contributed by atoms with van der Waals surface area (Å²) in [6, 6.07) is -4.46. The minimum Gasteiger partial charge on any atom is -0.480 e. The number of nitrogens with one attached hydrogen (secondary N) is 2. The molecule has 0 unspecified atom stereocenters. The fourth-order valence-electron chi connectivity index (χ4n) is 1.99. The number of imide groups is 1. The molecule has 0 saturated carbocycles. The van der Waals surface area contributed by atoms with Crippen molar-refractivity contribution in [3.05, 3.63) is 0 Å². The molecule has 0 heterocycles. The van der Waals surface area contributed by atoms with Gasteiger partial charge in [0.2, 0.25) is 29.5 Å². The molecule has 0 fully saturated rings. The van der Waals surface area contributed by atoms with E-state index in [9.17, 15) is 28.8 Å². The largest absolute Gasteiger partial charge is 0.480 e. The van der Waals surface area contributed by atoms with Crippen LogP contribution in [-0.4, -0.2) is 70.8 Å². The first kappa shape index (κ1) is 32.0. The number of carbonyl (C=O) groups excluding carboxylic acids is 5. The van der Waals surface area contributed by atoms with E-state index in [1.807, 2.05) is 0 Å². The van der Waals surface area contributed by atoms with Crippen molar-refractivity contribution in [2.75, 3.05) is 0 Å². The molecule has 0 aliphatic carbocycles. The molecule has 190 valence electrons. The highest BCUT2D eigenvalue weighted by molar-refractivity contribution is 5.98. The Balaban J connectivity index is 0. The number of amides is 5. The van der Waals surface area contributed by atoms with Crippen LogP contribution in [0.4, 0.5) is 0 Å². The maximum atomic E-state index is 11.9. The van der Waals surface area contributed by atoms with E-state index < -0.39 is 65.7 Å². The molecule has 5 atom stereocenters. The number of carboxylic acid groups (broad SMARTS) is 1. The molecule has 15 N–H and O–H groups in total. The highest BCUT2D eigenvalue weighted by Gasteiger charge is 2.22. The normalized spacial score (nSPS) is 14.8. The predicted molar refractivity (Wildman–Crippen MR) is 117 cm³/mol. The monoisotopic (exact) mass is 476 g/mol. The van der Waals surface area contributed by atoms with Crippen LogP contribution in [0.3, 0.4) is 0 Å². The van der Waals surface area contributed by atoms with Gasteiger partial charge in [0.15, 0.2) is 0 Å². The molecule has 0 aromatic carbocycles. The molecular formula is C18H36N8O7. The van der Waals surface area contributed by atoms with Crippen molar-refractivity contribution >= 4 is 35.5 Å². The van der Waals surface area contributed by atoms with Crippen molar-refractivity contribution in [2.45, 2.75) is 76.2 Å². The molecule has 0 aliphatic heterocycles. The fraction of sp³-hybridized carbons (Fsp3) is 0.667. The number of primary amides is 2. The molecule has 0 bridgehead atoms. The average molecular weight is 477 g/mol. The molecule has 0 radical (unpaired) electrons. The van der Waals surface area contributed by atoms with Crippen molar-refractivity contribution in [1.82, 2.24) is 10.6 Å². The number of nitrogens with two attached hydrogens (primary N) is 6. The maximum Gasteiger partial charge on any atom is 0.320 e. The lowest BCUT2D eigenvalue weighted by Gasteiger charge is -2.17. The number of hydrogen-bond donors (Lipinski definition) is 9. The predicted octanol–water partition coefficient (Wildman–Crippen LogP) is -4.54. The minimum atomic E-state index is -1.09. The highest BCUT2D eigenvalue weighted by Crippen LogP contribution is 2.03. The molecule has 15 heteroatoms. The van der Waals surface area contributed by atoms with Crippen molar-refractivity contribution in [3.8, 4) is 0 Å². The molecule has 0 aliphatic rings. The highest BCUT2D eigenvalue weighted by atomic mass is 16.4. The summed E-state index contributed by atoms with van der Waals surface area (Å²) < 4.78 is 0. The Hall–Kier alpha value is -3.14. The van der Waals surface area contributed by atoms with Gasteiger partial charge in [0.1, 0.15) is 12.1 Å². The standard InChI is InChI=1S/C15H29N7O5.C3H7NO2/c1-7(16)14(26)21-10(13(20)25)5-6-11(23)22-15(27)9(18)4-2-3-8(17)12(19)24;1-2(4)3(5)6/h7-10H,2-6,16-18H2,1H3,(H2,19,24)(H2,20,25)(H,21,26)(H,22,23,27);2H,4H2,1H3,(H,5,6)/t7-,8-,9+,10+;2-/m01/s1. The number of carboxylic acids is 1. The molecular weight excluding hydrogens is 440 g/mol. The van der Waals surface area contributed by atoms with E-state index in [2.05, 4.69) is 10.6 Å². The van der Waals surface area contributed by atoms with Crippen LogP contribution in [0.2, 0.25) is 0 Å². The number of carbonyl (C=O) groups is 6. The van der Waals surface area contributed by atoms with E-state index in [1.165, 1.54) is 13.8 Å². The van der Waals surface area contributed by atoms with E-state index in [1.54, 1.807) is 0 Å². The van der Waals surface area contributed by atoms with Gasteiger partial charge in [-0.3, -0.25) is 34.1 Å². The van der Waals surface area contributed by atoms with Gasteiger partial charge in [-0.05, 0) is 39.5 Å². The summed E-state index contributed by atoms with van der Waals surface area (Å²) in [5.41, 5.74) is 31.5. The van der Waals surface area contributed by atoms with E-state index in [4.69, 9.17) is 39.5 Å².